The highest BCUT2D eigenvalue weighted by Gasteiger charge is 2.14. The summed E-state index contributed by atoms with van der Waals surface area (Å²) < 4.78 is 18.6. The normalized spacial score (nSPS) is 10.9. The molecule has 0 fully saturated rings. The van der Waals surface area contributed by atoms with Crippen molar-refractivity contribution in [3.63, 3.8) is 0 Å². The molecule has 200 valence electrons. The molecule has 2 heterocycles. The fourth-order valence-electron chi connectivity index (χ4n) is 4.28. The number of nitrogens with zero attached hydrogens (tertiary/aromatic N) is 4. The average molecular weight is 541 g/mol. The monoisotopic (exact) mass is 540 g/mol. The van der Waals surface area contributed by atoms with Gasteiger partial charge in [0.05, 0.1) is 38.8 Å². The van der Waals surface area contributed by atoms with Crippen molar-refractivity contribution < 1.29 is 14.2 Å². The van der Waals surface area contributed by atoms with E-state index < -0.39 is 0 Å². The zero-order valence-corrected chi connectivity index (χ0v) is 23.0. The fraction of sp³-hybridized carbons (Fsp3) is 0.226. The van der Waals surface area contributed by atoms with Crippen LogP contribution in [0, 0.1) is 0 Å². The van der Waals surface area contributed by atoms with Gasteiger partial charge in [-0.05, 0) is 65.6 Å². The summed E-state index contributed by atoms with van der Waals surface area (Å²) >= 11 is 1.64. The first-order valence-electron chi connectivity index (χ1n) is 12.8. The van der Waals surface area contributed by atoms with Crippen molar-refractivity contribution in [3.8, 4) is 17.2 Å². The summed E-state index contributed by atoms with van der Waals surface area (Å²) in [5, 5.41) is 7.37. The van der Waals surface area contributed by atoms with E-state index in [1.165, 1.54) is 11.1 Å². The lowest BCUT2D eigenvalue weighted by molar-refractivity contribution is 0.121. The van der Waals surface area contributed by atoms with Crippen LogP contribution in [0.3, 0.4) is 0 Å². The van der Waals surface area contributed by atoms with Gasteiger partial charge in [-0.1, -0.05) is 36.4 Å². The van der Waals surface area contributed by atoms with Crippen molar-refractivity contribution in [2.24, 2.45) is 0 Å². The van der Waals surface area contributed by atoms with E-state index in [9.17, 15) is 0 Å². The molecule has 0 aliphatic carbocycles. The summed E-state index contributed by atoms with van der Waals surface area (Å²) in [6.07, 6.45) is 4.55. The van der Waals surface area contributed by atoms with E-state index in [4.69, 9.17) is 19.2 Å². The minimum atomic E-state index is 0.478. The van der Waals surface area contributed by atoms with Gasteiger partial charge in [0.2, 0.25) is 0 Å². The first-order valence-corrected chi connectivity index (χ1v) is 13.7. The molecule has 0 saturated carbocycles. The molecule has 0 amide bonds. The number of methoxy groups -OCH3 is 2. The molecule has 3 aromatic carbocycles. The van der Waals surface area contributed by atoms with Gasteiger partial charge in [0.1, 0.15) is 11.5 Å². The lowest BCUT2D eigenvalue weighted by Crippen LogP contribution is -2.22. The molecule has 5 rings (SSSR count). The van der Waals surface area contributed by atoms with E-state index >= 15 is 0 Å². The predicted octanol–water partition coefficient (Wildman–Crippen LogP) is 6.31. The Balaban J connectivity index is 1.26. The molecule has 0 bridgehead atoms. The van der Waals surface area contributed by atoms with E-state index in [-0.39, 0.29) is 0 Å². The third kappa shape index (κ3) is 7.25. The second kappa shape index (κ2) is 13.1. The Morgan fingerprint density at radius 2 is 1.54 bits per heavy atom. The van der Waals surface area contributed by atoms with E-state index in [1.807, 2.05) is 47.3 Å². The molecule has 7 nitrogen and oxygen atoms in total. The van der Waals surface area contributed by atoms with Crippen molar-refractivity contribution in [3.05, 3.63) is 119 Å². The average Bonchev–Trinajstić information content (AvgIpc) is 3.69. The number of hydrogen-bond acceptors (Lipinski definition) is 7. The highest BCUT2D eigenvalue weighted by Crippen LogP contribution is 2.26. The van der Waals surface area contributed by atoms with E-state index in [2.05, 4.69) is 57.8 Å². The molecule has 0 atom stereocenters. The van der Waals surface area contributed by atoms with Crippen LogP contribution in [0.5, 0.6) is 11.5 Å². The molecule has 0 aliphatic rings. The van der Waals surface area contributed by atoms with Crippen LogP contribution >= 0.6 is 11.3 Å². The summed E-state index contributed by atoms with van der Waals surface area (Å²) in [5.41, 5.74) is 5.52. The first-order chi connectivity index (χ1) is 19.2. The van der Waals surface area contributed by atoms with Crippen LogP contribution in [0.4, 0.5) is 5.13 Å². The Kier molecular flexibility index (Phi) is 8.88. The molecular formula is C31H32N4O3S. The summed E-state index contributed by atoms with van der Waals surface area (Å²) in [7, 11) is 3.38. The number of ether oxygens (including phenoxy) is 3. The van der Waals surface area contributed by atoms with Crippen LogP contribution in [0.1, 0.15) is 22.4 Å². The Morgan fingerprint density at radius 3 is 2.26 bits per heavy atom. The van der Waals surface area contributed by atoms with Crippen molar-refractivity contribution >= 4 is 16.5 Å². The van der Waals surface area contributed by atoms with E-state index in [0.29, 0.717) is 19.8 Å². The van der Waals surface area contributed by atoms with E-state index in [0.717, 1.165) is 46.5 Å². The number of benzene rings is 3. The lowest BCUT2D eigenvalue weighted by atomic mass is 10.1. The molecule has 0 radical (unpaired) electrons. The number of aromatic nitrogens is 3. The second-order valence-electron chi connectivity index (χ2n) is 9.10. The van der Waals surface area contributed by atoms with Gasteiger partial charge in [0.15, 0.2) is 5.13 Å². The Hall–Kier alpha value is -4.14. The second-order valence-corrected chi connectivity index (χ2v) is 9.94. The van der Waals surface area contributed by atoms with Crippen molar-refractivity contribution in [1.82, 2.24) is 14.8 Å². The zero-order chi connectivity index (χ0) is 26.9. The van der Waals surface area contributed by atoms with Crippen molar-refractivity contribution in [2.45, 2.75) is 26.1 Å². The van der Waals surface area contributed by atoms with Crippen molar-refractivity contribution in [1.29, 1.82) is 0 Å². The maximum atomic E-state index is 5.97. The Bertz CT molecular complexity index is 1450. The van der Waals surface area contributed by atoms with Crippen LogP contribution in [0.25, 0.3) is 5.69 Å². The molecule has 8 heteroatoms. The summed E-state index contributed by atoms with van der Waals surface area (Å²) in [6, 6.07) is 26.7. The van der Waals surface area contributed by atoms with Gasteiger partial charge in [-0.3, -0.25) is 0 Å². The van der Waals surface area contributed by atoms with Gasteiger partial charge in [0, 0.05) is 30.9 Å². The molecule has 0 saturated heterocycles. The molecule has 0 spiro atoms. The number of rotatable bonds is 13. The molecule has 5 aromatic rings. The fourth-order valence-corrected chi connectivity index (χ4v) is 5.09. The van der Waals surface area contributed by atoms with Gasteiger partial charge in [0.25, 0.3) is 0 Å². The highest BCUT2D eigenvalue weighted by molar-refractivity contribution is 7.13. The van der Waals surface area contributed by atoms with Gasteiger partial charge < -0.3 is 19.1 Å². The zero-order valence-electron chi connectivity index (χ0n) is 22.2. The Morgan fingerprint density at radius 1 is 0.821 bits per heavy atom. The Labute approximate surface area is 233 Å². The SMILES string of the molecule is COc1cccc(CCOCc2csc(N(Cc3ccc(-n4cccn4)cc3)Cc3cccc(OC)c3)n2)c1. The van der Waals surface area contributed by atoms with Gasteiger partial charge in [-0.25, -0.2) is 9.67 Å². The van der Waals surface area contributed by atoms with Crippen LogP contribution < -0.4 is 14.4 Å². The molecule has 2 aromatic heterocycles. The molecule has 0 unspecified atom stereocenters. The first kappa shape index (κ1) is 26.5. The maximum Gasteiger partial charge on any atom is 0.186 e. The summed E-state index contributed by atoms with van der Waals surface area (Å²) in [6.45, 7) is 2.53. The van der Waals surface area contributed by atoms with Crippen LogP contribution in [-0.4, -0.2) is 35.6 Å². The van der Waals surface area contributed by atoms with Crippen LogP contribution in [0.2, 0.25) is 0 Å². The van der Waals surface area contributed by atoms with Crippen LogP contribution in [0.15, 0.2) is 96.6 Å². The third-order valence-corrected chi connectivity index (χ3v) is 7.27. The van der Waals surface area contributed by atoms with Gasteiger partial charge in [-0.15, -0.1) is 11.3 Å². The van der Waals surface area contributed by atoms with Crippen LogP contribution in [-0.2, 0) is 30.9 Å². The predicted molar refractivity (Wildman–Crippen MR) is 155 cm³/mol. The minimum absolute atomic E-state index is 0.478. The number of thiazole rings is 1. The van der Waals surface area contributed by atoms with Gasteiger partial charge >= 0.3 is 0 Å². The largest absolute Gasteiger partial charge is 0.497 e. The number of hydrogen-bond donors (Lipinski definition) is 0. The standard InChI is InChI=1S/C31H32N4O3S/c1-36-29-8-3-6-24(18-29)14-17-38-22-27-23-39-31(33-27)34(21-26-7-4-9-30(19-26)37-2)20-25-10-12-28(13-11-25)35-16-5-15-32-35/h3-13,15-16,18-19,23H,14,17,20-22H2,1-2H3. The molecular weight excluding hydrogens is 508 g/mol. The lowest BCUT2D eigenvalue weighted by Gasteiger charge is -2.22. The smallest absolute Gasteiger partial charge is 0.186 e. The maximum absolute atomic E-state index is 5.97. The topological polar surface area (TPSA) is 61.6 Å². The van der Waals surface area contributed by atoms with E-state index in [1.54, 1.807) is 31.8 Å². The molecule has 0 aliphatic heterocycles. The number of anilines is 1. The summed E-state index contributed by atoms with van der Waals surface area (Å²) in [5.74, 6) is 1.71. The minimum Gasteiger partial charge on any atom is -0.497 e. The third-order valence-electron chi connectivity index (χ3n) is 6.32. The van der Waals surface area contributed by atoms with Gasteiger partial charge in [-0.2, -0.15) is 5.10 Å². The van der Waals surface area contributed by atoms with Crippen molar-refractivity contribution in [2.75, 3.05) is 25.7 Å². The molecule has 39 heavy (non-hydrogen) atoms. The quantitative estimate of drug-likeness (QED) is 0.163. The molecule has 0 N–H and O–H groups in total. The highest BCUT2D eigenvalue weighted by atomic mass is 32.1. The summed E-state index contributed by atoms with van der Waals surface area (Å²) in [4.78, 5) is 7.22.